The van der Waals surface area contributed by atoms with Crippen LogP contribution in [0.2, 0.25) is 0 Å². The highest BCUT2D eigenvalue weighted by atomic mass is 16.5. The molecule has 0 bridgehead atoms. The summed E-state index contributed by atoms with van der Waals surface area (Å²) >= 11 is 0. The average Bonchev–Trinajstić information content (AvgIpc) is 2.66. The molecule has 4 heteroatoms. The van der Waals surface area contributed by atoms with Crippen molar-refractivity contribution in [2.75, 3.05) is 40.3 Å². The molecule has 1 rings (SSSR count). The number of ether oxygens (including phenoxy) is 1. The molecule has 1 heterocycles. The number of hydrogen-bond acceptors (Lipinski definition) is 4. The fourth-order valence-electron chi connectivity index (χ4n) is 2.19. The second-order valence-corrected chi connectivity index (χ2v) is 4.60. The van der Waals surface area contributed by atoms with Gasteiger partial charge in [0.2, 0.25) is 0 Å². The monoisotopic (exact) mass is 228 g/mol. The van der Waals surface area contributed by atoms with E-state index >= 15 is 0 Å². The number of carbonyl (C=O) groups excluding carboxylic acids is 1. The molecule has 1 unspecified atom stereocenters. The lowest BCUT2D eigenvalue weighted by Crippen LogP contribution is -2.38. The van der Waals surface area contributed by atoms with E-state index < -0.39 is 0 Å². The molecular weight excluding hydrogens is 204 g/mol. The van der Waals surface area contributed by atoms with Gasteiger partial charge in [-0.3, -0.25) is 9.69 Å². The third kappa shape index (κ3) is 4.10. The summed E-state index contributed by atoms with van der Waals surface area (Å²) in [5.41, 5.74) is 0. The zero-order chi connectivity index (χ0) is 12.0. The number of rotatable bonds is 6. The number of nitrogens with zero attached hydrogens (tertiary/aromatic N) is 2. The van der Waals surface area contributed by atoms with Crippen LogP contribution in [0.4, 0.5) is 0 Å². The smallest absolute Gasteiger partial charge is 0.323 e. The minimum atomic E-state index is -0.0372. The quantitative estimate of drug-likeness (QED) is 0.634. The van der Waals surface area contributed by atoms with Crippen molar-refractivity contribution in [1.82, 2.24) is 9.80 Å². The molecule has 1 atom stereocenters. The Morgan fingerprint density at radius 2 is 2.25 bits per heavy atom. The number of likely N-dealkylation sites (tertiary alicyclic amines) is 1. The molecule has 0 aliphatic carbocycles. The van der Waals surface area contributed by atoms with Crippen LogP contribution in [0.1, 0.15) is 26.2 Å². The summed E-state index contributed by atoms with van der Waals surface area (Å²) in [7, 11) is 4.15. The van der Waals surface area contributed by atoms with Crippen LogP contribution in [0.25, 0.3) is 0 Å². The van der Waals surface area contributed by atoms with Gasteiger partial charge in [-0.05, 0) is 53.4 Å². The standard InChI is InChI=1S/C12H24N2O2/c1-4-16-12(15)11-7-5-9-14(11)10-6-8-13(2)3/h11H,4-10H2,1-3H3. The molecule has 1 fully saturated rings. The molecule has 16 heavy (non-hydrogen) atoms. The van der Waals surface area contributed by atoms with Gasteiger partial charge >= 0.3 is 5.97 Å². The van der Waals surface area contributed by atoms with Crippen LogP contribution in [0, 0.1) is 0 Å². The van der Waals surface area contributed by atoms with Crippen LogP contribution in [0.5, 0.6) is 0 Å². The van der Waals surface area contributed by atoms with Gasteiger partial charge in [-0.1, -0.05) is 0 Å². The first-order valence-electron chi connectivity index (χ1n) is 6.20. The van der Waals surface area contributed by atoms with Crippen molar-refractivity contribution in [3.05, 3.63) is 0 Å². The minimum absolute atomic E-state index is 0.0158. The fourth-order valence-corrected chi connectivity index (χ4v) is 2.19. The Hall–Kier alpha value is -0.610. The molecule has 0 radical (unpaired) electrons. The van der Waals surface area contributed by atoms with Crippen LogP contribution in [0.3, 0.4) is 0 Å². The molecule has 0 aromatic carbocycles. The topological polar surface area (TPSA) is 32.8 Å². The Balaban J connectivity index is 2.31. The molecule has 1 aliphatic rings. The van der Waals surface area contributed by atoms with Crippen molar-refractivity contribution >= 4 is 5.97 Å². The first-order valence-corrected chi connectivity index (χ1v) is 6.20. The van der Waals surface area contributed by atoms with Crippen molar-refractivity contribution in [2.45, 2.75) is 32.2 Å². The highest BCUT2D eigenvalue weighted by Crippen LogP contribution is 2.18. The van der Waals surface area contributed by atoms with Crippen molar-refractivity contribution in [2.24, 2.45) is 0 Å². The summed E-state index contributed by atoms with van der Waals surface area (Å²) in [6.07, 6.45) is 3.19. The SMILES string of the molecule is CCOC(=O)C1CCCN1CCCN(C)C. The molecule has 94 valence electrons. The molecule has 0 amide bonds. The molecule has 0 saturated carbocycles. The normalized spacial score (nSPS) is 21.6. The van der Waals surface area contributed by atoms with E-state index in [1.54, 1.807) is 0 Å². The van der Waals surface area contributed by atoms with E-state index in [1.165, 1.54) is 0 Å². The second-order valence-electron chi connectivity index (χ2n) is 4.60. The fraction of sp³-hybridized carbons (Fsp3) is 0.917. The van der Waals surface area contributed by atoms with Crippen molar-refractivity contribution in [1.29, 1.82) is 0 Å². The van der Waals surface area contributed by atoms with E-state index in [0.29, 0.717) is 6.61 Å². The first kappa shape index (κ1) is 13.5. The van der Waals surface area contributed by atoms with Gasteiger partial charge in [0.1, 0.15) is 6.04 Å². The van der Waals surface area contributed by atoms with E-state index in [2.05, 4.69) is 23.9 Å². The van der Waals surface area contributed by atoms with Crippen molar-refractivity contribution < 1.29 is 9.53 Å². The summed E-state index contributed by atoms with van der Waals surface area (Å²) in [5.74, 6) is -0.0372. The summed E-state index contributed by atoms with van der Waals surface area (Å²) < 4.78 is 5.09. The molecule has 0 aromatic rings. The highest BCUT2D eigenvalue weighted by Gasteiger charge is 2.31. The van der Waals surface area contributed by atoms with Crippen LogP contribution in [-0.4, -0.2) is 62.1 Å². The molecule has 0 spiro atoms. The number of carbonyl (C=O) groups is 1. The summed E-state index contributed by atoms with van der Waals surface area (Å²) in [4.78, 5) is 16.1. The van der Waals surface area contributed by atoms with Crippen molar-refractivity contribution in [3.8, 4) is 0 Å². The number of esters is 1. The van der Waals surface area contributed by atoms with Gasteiger partial charge in [-0.25, -0.2) is 0 Å². The predicted molar refractivity (Wildman–Crippen MR) is 64.4 cm³/mol. The van der Waals surface area contributed by atoms with Gasteiger partial charge < -0.3 is 9.64 Å². The van der Waals surface area contributed by atoms with Gasteiger partial charge in [0, 0.05) is 6.54 Å². The summed E-state index contributed by atoms with van der Waals surface area (Å²) in [6, 6.07) is 0.0158. The Labute approximate surface area is 98.5 Å². The van der Waals surface area contributed by atoms with Gasteiger partial charge in [-0.15, -0.1) is 0 Å². The maximum Gasteiger partial charge on any atom is 0.323 e. The van der Waals surface area contributed by atoms with Crippen LogP contribution >= 0.6 is 0 Å². The maximum atomic E-state index is 11.7. The van der Waals surface area contributed by atoms with E-state index in [1.807, 2.05) is 6.92 Å². The van der Waals surface area contributed by atoms with Gasteiger partial charge in [-0.2, -0.15) is 0 Å². The van der Waals surface area contributed by atoms with E-state index in [4.69, 9.17) is 4.74 Å². The summed E-state index contributed by atoms with van der Waals surface area (Å²) in [6.45, 7) is 5.47. The zero-order valence-electron chi connectivity index (χ0n) is 10.7. The van der Waals surface area contributed by atoms with Crippen LogP contribution in [0.15, 0.2) is 0 Å². The van der Waals surface area contributed by atoms with Crippen molar-refractivity contribution in [3.63, 3.8) is 0 Å². The lowest BCUT2D eigenvalue weighted by atomic mass is 10.2. The molecule has 1 aliphatic heterocycles. The largest absolute Gasteiger partial charge is 0.465 e. The van der Waals surface area contributed by atoms with Gasteiger partial charge in [0.15, 0.2) is 0 Å². The molecule has 0 aromatic heterocycles. The number of hydrogen-bond donors (Lipinski definition) is 0. The molecule has 4 nitrogen and oxygen atoms in total. The first-order chi connectivity index (χ1) is 7.65. The Morgan fingerprint density at radius 3 is 2.88 bits per heavy atom. The second kappa shape index (κ2) is 6.86. The van der Waals surface area contributed by atoms with Gasteiger partial charge in [0.25, 0.3) is 0 Å². The Kier molecular flexibility index (Phi) is 5.77. The van der Waals surface area contributed by atoms with Gasteiger partial charge in [0.05, 0.1) is 6.61 Å². The lowest BCUT2D eigenvalue weighted by Gasteiger charge is -2.23. The average molecular weight is 228 g/mol. The van der Waals surface area contributed by atoms with E-state index in [0.717, 1.165) is 38.9 Å². The predicted octanol–water partition coefficient (Wildman–Crippen LogP) is 0.966. The summed E-state index contributed by atoms with van der Waals surface area (Å²) in [5, 5.41) is 0. The minimum Gasteiger partial charge on any atom is -0.465 e. The third-order valence-corrected chi connectivity index (χ3v) is 2.97. The van der Waals surface area contributed by atoms with E-state index in [-0.39, 0.29) is 12.0 Å². The van der Waals surface area contributed by atoms with Crippen LogP contribution in [-0.2, 0) is 9.53 Å². The highest BCUT2D eigenvalue weighted by molar-refractivity contribution is 5.76. The molecular formula is C12H24N2O2. The Bertz CT molecular complexity index is 219. The Morgan fingerprint density at radius 1 is 1.50 bits per heavy atom. The molecule has 0 N–H and O–H groups in total. The van der Waals surface area contributed by atoms with Crippen LogP contribution < -0.4 is 0 Å². The lowest BCUT2D eigenvalue weighted by molar-refractivity contribution is -0.148. The molecule has 1 saturated heterocycles. The maximum absolute atomic E-state index is 11.7. The van der Waals surface area contributed by atoms with E-state index in [9.17, 15) is 4.79 Å². The third-order valence-electron chi connectivity index (χ3n) is 2.97. The zero-order valence-corrected chi connectivity index (χ0v) is 10.7.